The molecule has 1 aromatic carbocycles. The van der Waals surface area contributed by atoms with Gasteiger partial charge in [-0.1, -0.05) is 30.4 Å². The number of amides is 4. The van der Waals surface area contributed by atoms with Gasteiger partial charge >= 0.3 is 6.03 Å². The number of imide groups is 2. The largest absolute Gasteiger partial charge is 0.362 e. The van der Waals surface area contributed by atoms with E-state index in [9.17, 15) is 14.4 Å². The highest BCUT2D eigenvalue weighted by Crippen LogP contribution is 2.04. The third-order valence-electron chi connectivity index (χ3n) is 2.55. The summed E-state index contributed by atoms with van der Waals surface area (Å²) in [5.41, 5.74) is 0.834. The van der Waals surface area contributed by atoms with Crippen LogP contribution in [0.2, 0.25) is 0 Å². The molecule has 1 fully saturated rings. The van der Waals surface area contributed by atoms with Gasteiger partial charge in [-0.25, -0.2) is 4.79 Å². The Morgan fingerprint density at radius 2 is 1.52 bits per heavy atom. The second-order valence-electron chi connectivity index (χ2n) is 4.07. The summed E-state index contributed by atoms with van der Waals surface area (Å²) in [7, 11) is 0. The molecule has 1 aliphatic rings. The maximum absolute atomic E-state index is 11.4. The number of benzene rings is 1. The van der Waals surface area contributed by atoms with E-state index in [1.807, 2.05) is 41.0 Å². The molecule has 0 unspecified atom stereocenters. The van der Waals surface area contributed by atoms with E-state index in [0.29, 0.717) is 0 Å². The Morgan fingerprint density at radius 3 is 2.19 bits per heavy atom. The molecule has 0 radical (unpaired) electrons. The average molecular weight is 283 g/mol. The van der Waals surface area contributed by atoms with Gasteiger partial charge in [0.2, 0.25) is 0 Å². The fraction of sp³-hybridized carbons (Fsp3) is 0. The van der Waals surface area contributed by atoms with Crippen LogP contribution in [0.3, 0.4) is 0 Å². The van der Waals surface area contributed by atoms with E-state index in [1.54, 1.807) is 18.4 Å². The number of rotatable bonds is 4. The zero-order valence-corrected chi connectivity index (χ0v) is 11.0. The van der Waals surface area contributed by atoms with Gasteiger partial charge in [0.05, 0.1) is 0 Å². The predicted molar refractivity (Wildman–Crippen MR) is 78.1 cm³/mol. The van der Waals surface area contributed by atoms with Crippen LogP contribution in [0.4, 0.5) is 10.5 Å². The van der Waals surface area contributed by atoms with Gasteiger partial charge in [0.1, 0.15) is 5.57 Å². The number of carbonyl (C=O) groups is 3. The lowest BCUT2D eigenvalue weighted by Gasteiger charge is -2.12. The lowest BCUT2D eigenvalue weighted by atomic mass is 10.2. The van der Waals surface area contributed by atoms with Crippen molar-refractivity contribution in [1.29, 1.82) is 0 Å². The molecule has 6 heteroatoms. The summed E-state index contributed by atoms with van der Waals surface area (Å²) in [5.74, 6) is -1.42. The van der Waals surface area contributed by atoms with Gasteiger partial charge in [0, 0.05) is 11.9 Å². The van der Waals surface area contributed by atoms with E-state index in [2.05, 4.69) is 5.32 Å². The molecule has 106 valence electrons. The third-order valence-corrected chi connectivity index (χ3v) is 2.55. The molecule has 6 nitrogen and oxygen atoms in total. The van der Waals surface area contributed by atoms with Crippen molar-refractivity contribution in [2.24, 2.45) is 0 Å². The summed E-state index contributed by atoms with van der Waals surface area (Å²) < 4.78 is 0. The lowest BCUT2D eigenvalue weighted by molar-refractivity contribution is -0.124. The minimum atomic E-state index is -0.807. The van der Waals surface area contributed by atoms with Crippen molar-refractivity contribution in [1.82, 2.24) is 10.6 Å². The summed E-state index contributed by atoms with van der Waals surface area (Å²) in [5, 5.41) is 7.03. The minimum Gasteiger partial charge on any atom is -0.362 e. The molecular formula is C15H13N3O3. The highest BCUT2D eigenvalue weighted by Gasteiger charge is 2.26. The third kappa shape index (κ3) is 4.17. The summed E-state index contributed by atoms with van der Waals surface area (Å²) in [6.07, 6.45) is 7.96. The van der Waals surface area contributed by atoms with Gasteiger partial charge in [0.25, 0.3) is 11.8 Å². The SMILES string of the molecule is O=C1NC(=O)C(=C/C=C/C=C/Nc2ccccc2)C(=O)N1. The van der Waals surface area contributed by atoms with Crippen LogP contribution >= 0.6 is 0 Å². The number of hydrogen-bond donors (Lipinski definition) is 3. The molecule has 1 aliphatic heterocycles. The summed E-state index contributed by atoms with van der Waals surface area (Å²) >= 11 is 0. The van der Waals surface area contributed by atoms with Gasteiger partial charge in [-0.15, -0.1) is 0 Å². The molecule has 4 amide bonds. The second-order valence-corrected chi connectivity index (χ2v) is 4.07. The van der Waals surface area contributed by atoms with Gasteiger partial charge in [-0.2, -0.15) is 0 Å². The molecule has 0 saturated carbocycles. The maximum Gasteiger partial charge on any atom is 0.328 e. The van der Waals surface area contributed by atoms with Gasteiger partial charge in [-0.05, 0) is 24.3 Å². The topological polar surface area (TPSA) is 87.3 Å². The van der Waals surface area contributed by atoms with Crippen molar-refractivity contribution in [3.8, 4) is 0 Å². The smallest absolute Gasteiger partial charge is 0.328 e. The first-order valence-corrected chi connectivity index (χ1v) is 6.18. The van der Waals surface area contributed by atoms with Crippen LogP contribution in [0.5, 0.6) is 0 Å². The zero-order valence-electron chi connectivity index (χ0n) is 11.0. The second kappa shape index (κ2) is 6.85. The van der Waals surface area contributed by atoms with Gasteiger partial charge in [0.15, 0.2) is 0 Å². The van der Waals surface area contributed by atoms with Gasteiger partial charge in [-0.3, -0.25) is 20.2 Å². The summed E-state index contributed by atoms with van der Waals surface area (Å²) in [4.78, 5) is 33.6. The first-order valence-electron chi connectivity index (χ1n) is 6.18. The number of para-hydroxylation sites is 1. The molecule has 1 aromatic rings. The maximum atomic E-state index is 11.4. The van der Waals surface area contributed by atoms with Crippen LogP contribution in [-0.4, -0.2) is 17.8 Å². The monoisotopic (exact) mass is 283 g/mol. The molecular weight excluding hydrogens is 270 g/mol. The van der Waals surface area contributed by atoms with Gasteiger partial charge < -0.3 is 5.32 Å². The molecule has 2 rings (SSSR count). The predicted octanol–water partition coefficient (Wildman–Crippen LogP) is 1.46. The standard InChI is InChI=1S/C15H13N3O3/c19-13-12(14(20)18-15(21)17-13)9-5-2-6-10-16-11-7-3-1-4-8-11/h1-10,16H,(H2,17,18,19,20,21)/b5-2+,10-6+. The zero-order chi connectivity index (χ0) is 15.1. The Bertz CT molecular complexity index is 623. The number of hydrogen-bond acceptors (Lipinski definition) is 4. The first-order chi connectivity index (χ1) is 10.2. The average Bonchev–Trinajstić information content (AvgIpc) is 2.45. The van der Waals surface area contributed by atoms with Crippen molar-refractivity contribution >= 4 is 23.5 Å². The molecule has 0 bridgehead atoms. The van der Waals surface area contributed by atoms with Crippen LogP contribution in [0, 0.1) is 0 Å². The number of allylic oxidation sites excluding steroid dienone is 4. The van der Waals surface area contributed by atoms with Crippen LogP contribution in [0.1, 0.15) is 0 Å². The molecule has 1 saturated heterocycles. The molecule has 0 aliphatic carbocycles. The highest BCUT2D eigenvalue weighted by atomic mass is 16.2. The number of barbiturate groups is 1. The molecule has 21 heavy (non-hydrogen) atoms. The first kappa shape index (κ1) is 14.3. The van der Waals surface area contributed by atoms with E-state index in [1.165, 1.54) is 12.2 Å². The quantitative estimate of drug-likeness (QED) is 0.443. The number of anilines is 1. The Balaban J connectivity index is 1.89. The molecule has 0 aromatic heterocycles. The van der Waals surface area contributed by atoms with Crippen molar-refractivity contribution in [2.75, 3.05) is 5.32 Å². The summed E-state index contributed by atoms with van der Waals surface area (Å²) in [6, 6.07) is 8.79. The number of nitrogens with one attached hydrogen (secondary N) is 3. The Labute approximate surface area is 121 Å². The van der Waals surface area contributed by atoms with E-state index in [-0.39, 0.29) is 5.57 Å². The van der Waals surface area contributed by atoms with Crippen molar-refractivity contribution in [2.45, 2.75) is 0 Å². The van der Waals surface area contributed by atoms with Crippen LogP contribution < -0.4 is 16.0 Å². The van der Waals surface area contributed by atoms with Crippen molar-refractivity contribution in [3.63, 3.8) is 0 Å². The van der Waals surface area contributed by atoms with Crippen LogP contribution in [0.25, 0.3) is 0 Å². The molecule has 0 spiro atoms. The Morgan fingerprint density at radius 1 is 0.857 bits per heavy atom. The fourth-order valence-electron chi connectivity index (χ4n) is 1.58. The van der Waals surface area contributed by atoms with Crippen molar-refractivity contribution < 1.29 is 14.4 Å². The number of urea groups is 1. The van der Waals surface area contributed by atoms with Crippen molar-refractivity contribution in [3.05, 3.63) is 66.4 Å². The minimum absolute atomic E-state index is 0.115. The fourth-order valence-corrected chi connectivity index (χ4v) is 1.58. The number of carbonyl (C=O) groups excluding carboxylic acids is 3. The normalized spacial score (nSPS) is 15.2. The van der Waals surface area contributed by atoms with E-state index in [4.69, 9.17) is 0 Å². The molecule has 1 heterocycles. The van der Waals surface area contributed by atoms with E-state index < -0.39 is 17.8 Å². The van der Waals surface area contributed by atoms with E-state index >= 15 is 0 Å². The molecule has 3 N–H and O–H groups in total. The lowest BCUT2D eigenvalue weighted by Crippen LogP contribution is -2.51. The molecule has 0 atom stereocenters. The van der Waals surface area contributed by atoms with E-state index in [0.717, 1.165) is 5.69 Å². The summed E-state index contributed by atoms with van der Waals surface area (Å²) in [6.45, 7) is 0. The van der Waals surface area contributed by atoms with Crippen LogP contribution in [0.15, 0.2) is 66.4 Å². The van der Waals surface area contributed by atoms with Crippen LogP contribution in [-0.2, 0) is 9.59 Å². The highest BCUT2D eigenvalue weighted by molar-refractivity contribution is 6.29. The Hall–Kier alpha value is -3.15. The Kier molecular flexibility index (Phi) is 4.66.